The number of ether oxygens (including phenoxy) is 2. The maximum Gasteiger partial charge on any atom is 0.0630 e. The van der Waals surface area contributed by atoms with E-state index in [0.717, 1.165) is 19.1 Å². The van der Waals surface area contributed by atoms with Gasteiger partial charge in [-0.25, -0.2) is 0 Å². The average molecular weight is 156 g/mol. The molecule has 2 aliphatic carbocycles. The van der Waals surface area contributed by atoms with Crippen LogP contribution in [0.15, 0.2) is 0 Å². The van der Waals surface area contributed by atoms with Crippen molar-refractivity contribution in [2.24, 2.45) is 5.92 Å². The molecule has 2 rings (SSSR count). The molecule has 0 saturated heterocycles. The van der Waals surface area contributed by atoms with E-state index >= 15 is 0 Å². The Kier molecular flexibility index (Phi) is 2.14. The Bertz CT molecular complexity index is 132. The van der Waals surface area contributed by atoms with Crippen LogP contribution < -0.4 is 0 Å². The van der Waals surface area contributed by atoms with Gasteiger partial charge in [-0.1, -0.05) is 0 Å². The second kappa shape index (κ2) is 3.11. The molecular formula is C9H16O2. The van der Waals surface area contributed by atoms with E-state index in [0.29, 0.717) is 12.2 Å². The highest BCUT2D eigenvalue weighted by molar-refractivity contribution is 4.88. The summed E-state index contributed by atoms with van der Waals surface area (Å²) in [6, 6.07) is 0. The van der Waals surface area contributed by atoms with Gasteiger partial charge in [0, 0.05) is 12.5 Å². The molecule has 0 aromatic carbocycles. The summed E-state index contributed by atoms with van der Waals surface area (Å²) in [5.74, 6) is 0.718. The van der Waals surface area contributed by atoms with Crippen molar-refractivity contribution >= 4 is 0 Å². The Morgan fingerprint density at radius 1 is 1.27 bits per heavy atom. The van der Waals surface area contributed by atoms with Crippen molar-refractivity contribution < 1.29 is 9.47 Å². The summed E-state index contributed by atoms with van der Waals surface area (Å²) in [6.45, 7) is 3.84. The fourth-order valence-electron chi connectivity index (χ4n) is 1.31. The Morgan fingerprint density at radius 2 is 2.09 bits per heavy atom. The van der Waals surface area contributed by atoms with E-state index < -0.39 is 0 Å². The minimum Gasteiger partial charge on any atom is -0.378 e. The SMILES string of the molecule is CCOC1CC1COC1CC1. The molecule has 2 atom stereocenters. The van der Waals surface area contributed by atoms with Crippen LogP contribution in [0.5, 0.6) is 0 Å². The smallest absolute Gasteiger partial charge is 0.0630 e. The van der Waals surface area contributed by atoms with E-state index in [1.54, 1.807) is 0 Å². The van der Waals surface area contributed by atoms with Crippen LogP contribution in [0.4, 0.5) is 0 Å². The summed E-state index contributed by atoms with van der Waals surface area (Å²) in [5, 5.41) is 0. The molecule has 0 N–H and O–H groups in total. The molecule has 0 radical (unpaired) electrons. The molecule has 0 aromatic heterocycles. The minimum absolute atomic E-state index is 0.527. The third-order valence-corrected chi connectivity index (χ3v) is 2.31. The monoisotopic (exact) mass is 156 g/mol. The van der Waals surface area contributed by atoms with Gasteiger partial charge in [0.1, 0.15) is 0 Å². The summed E-state index contributed by atoms with van der Waals surface area (Å²) in [5.41, 5.74) is 0. The fourth-order valence-corrected chi connectivity index (χ4v) is 1.31. The van der Waals surface area contributed by atoms with Gasteiger partial charge < -0.3 is 9.47 Å². The van der Waals surface area contributed by atoms with E-state index in [1.165, 1.54) is 19.3 Å². The Morgan fingerprint density at radius 3 is 2.73 bits per heavy atom. The van der Waals surface area contributed by atoms with E-state index in [4.69, 9.17) is 9.47 Å². The molecule has 2 saturated carbocycles. The van der Waals surface area contributed by atoms with Crippen LogP contribution in [0.1, 0.15) is 26.2 Å². The second-order valence-electron chi connectivity index (χ2n) is 3.52. The standard InChI is InChI=1S/C9H16O2/c1-2-10-9-5-7(9)6-11-8-3-4-8/h7-9H,2-6H2,1H3. The molecule has 0 bridgehead atoms. The van der Waals surface area contributed by atoms with Gasteiger partial charge in [0.05, 0.1) is 18.8 Å². The Balaban J connectivity index is 1.52. The van der Waals surface area contributed by atoms with Gasteiger partial charge in [-0.05, 0) is 26.2 Å². The summed E-state index contributed by atoms with van der Waals surface area (Å²) in [6.07, 6.45) is 4.93. The topological polar surface area (TPSA) is 18.5 Å². The molecule has 0 aliphatic heterocycles. The third kappa shape index (κ3) is 2.17. The van der Waals surface area contributed by atoms with Crippen LogP contribution in [0, 0.1) is 5.92 Å². The lowest BCUT2D eigenvalue weighted by Gasteiger charge is -2.00. The van der Waals surface area contributed by atoms with Crippen LogP contribution >= 0.6 is 0 Å². The van der Waals surface area contributed by atoms with E-state index in [2.05, 4.69) is 6.92 Å². The minimum atomic E-state index is 0.527. The largest absolute Gasteiger partial charge is 0.378 e. The summed E-state index contributed by atoms with van der Waals surface area (Å²) < 4.78 is 11.0. The first-order valence-electron chi connectivity index (χ1n) is 4.63. The Hall–Kier alpha value is -0.0800. The van der Waals surface area contributed by atoms with Gasteiger partial charge in [0.2, 0.25) is 0 Å². The first-order chi connectivity index (χ1) is 5.40. The molecule has 2 fully saturated rings. The van der Waals surface area contributed by atoms with Gasteiger partial charge in [-0.2, -0.15) is 0 Å². The zero-order valence-corrected chi connectivity index (χ0v) is 7.08. The summed E-state index contributed by atoms with van der Waals surface area (Å²) in [4.78, 5) is 0. The molecule has 0 spiro atoms. The molecule has 0 heterocycles. The van der Waals surface area contributed by atoms with Crippen molar-refractivity contribution in [1.29, 1.82) is 0 Å². The number of hydrogen-bond donors (Lipinski definition) is 0. The third-order valence-electron chi connectivity index (χ3n) is 2.31. The molecule has 64 valence electrons. The first-order valence-corrected chi connectivity index (χ1v) is 4.63. The number of hydrogen-bond acceptors (Lipinski definition) is 2. The van der Waals surface area contributed by atoms with Gasteiger partial charge in [0.15, 0.2) is 0 Å². The highest BCUT2D eigenvalue weighted by atomic mass is 16.5. The van der Waals surface area contributed by atoms with Crippen molar-refractivity contribution in [3.63, 3.8) is 0 Å². The fraction of sp³-hybridized carbons (Fsp3) is 1.00. The maximum atomic E-state index is 5.57. The van der Waals surface area contributed by atoms with E-state index in [9.17, 15) is 0 Å². The molecule has 2 aliphatic rings. The van der Waals surface area contributed by atoms with Crippen molar-refractivity contribution in [3.8, 4) is 0 Å². The van der Waals surface area contributed by atoms with Gasteiger partial charge in [0.25, 0.3) is 0 Å². The maximum absolute atomic E-state index is 5.57. The molecule has 0 aromatic rings. The van der Waals surface area contributed by atoms with Crippen molar-refractivity contribution in [3.05, 3.63) is 0 Å². The van der Waals surface area contributed by atoms with Gasteiger partial charge >= 0.3 is 0 Å². The lowest BCUT2D eigenvalue weighted by molar-refractivity contribution is 0.0733. The number of rotatable bonds is 5. The molecule has 0 amide bonds. The van der Waals surface area contributed by atoms with Crippen molar-refractivity contribution in [1.82, 2.24) is 0 Å². The van der Waals surface area contributed by atoms with Crippen molar-refractivity contribution in [2.75, 3.05) is 13.2 Å². The Labute approximate surface area is 67.9 Å². The van der Waals surface area contributed by atoms with Crippen LogP contribution in [-0.4, -0.2) is 25.4 Å². The highest BCUT2D eigenvalue weighted by Gasteiger charge is 2.39. The lowest BCUT2D eigenvalue weighted by Crippen LogP contribution is -2.03. The van der Waals surface area contributed by atoms with Crippen LogP contribution in [-0.2, 0) is 9.47 Å². The molecule has 2 nitrogen and oxygen atoms in total. The normalized spacial score (nSPS) is 35.7. The molecule has 2 heteroatoms. The highest BCUT2D eigenvalue weighted by Crippen LogP contribution is 2.35. The molecule has 11 heavy (non-hydrogen) atoms. The predicted molar refractivity (Wildman–Crippen MR) is 42.5 cm³/mol. The van der Waals surface area contributed by atoms with Crippen LogP contribution in [0.25, 0.3) is 0 Å². The second-order valence-corrected chi connectivity index (χ2v) is 3.52. The zero-order chi connectivity index (χ0) is 7.68. The van der Waals surface area contributed by atoms with Crippen LogP contribution in [0.2, 0.25) is 0 Å². The predicted octanol–water partition coefficient (Wildman–Crippen LogP) is 1.59. The van der Waals surface area contributed by atoms with Gasteiger partial charge in [-0.3, -0.25) is 0 Å². The van der Waals surface area contributed by atoms with Gasteiger partial charge in [-0.15, -0.1) is 0 Å². The van der Waals surface area contributed by atoms with E-state index in [1.807, 2.05) is 0 Å². The summed E-state index contributed by atoms with van der Waals surface area (Å²) >= 11 is 0. The molecular weight excluding hydrogens is 140 g/mol. The van der Waals surface area contributed by atoms with Crippen molar-refractivity contribution in [2.45, 2.75) is 38.4 Å². The molecule has 2 unspecified atom stereocenters. The zero-order valence-electron chi connectivity index (χ0n) is 7.08. The quantitative estimate of drug-likeness (QED) is 0.601. The lowest BCUT2D eigenvalue weighted by atomic mass is 10.4. The van der Waals surface area contributed by atoms with Crippen LogP contribution in [0.3, 0.4) is 0 Å². The first kappa shape index (κ1) is 7.56. The van der Waals surface area contributed by atoms with E-state index in [-0.39, 0.29) is 0 Å². The average Bonchev–Trinajstić information content (AvgIpc) is 2.79. The summed E-state index contributed by atoms with van der Waals surface area (Å²) in [7, 11) is 0.